The van der Waals surface area contributed by atoms with Gasteiger partial charge in [-0.2, -0.15) is 0 Å². The molecule has 2 aliphatic rings. The molecule has 0 saturated heterocycles. The van der Waals surface area contributed by atoms with Gasteiger partial charge in [0, 0.05) is 24.2 Å². The van der Waals surface area contributed by atoms with Crippen LogP contribution in [0.25, 0.3) is 10.9 Å². The van der Waals surface area contributed by atoms with E-state index < -0.39 is 11.6 Å². The number of nitrogens with zero attached hydrogens (tertiary/aromatic N) is 2. The maximum atomic E-state index is 14.3. The quantitative estimate of drug-likeness (QED) is 0.817. The summed E-state index contributed by atoms with van der Waals surface area (Å²) in [6.07, 6.45) is 5.04. The lowest BCUT2D eigenvalue weighted by molar-refractivity contribution is 0.258. The van der Waals surface area contributed by atoms with Crippen molar-refractivity contribution in [2.24, 2.45) is 0 Å². The van der Waals surface area contributed by atoms with Gasteiger partial charge in [0.05, 0.1) is 5.52 Å². The molecule has 2 nitrogen and oxygen atoms in total. The minimum absolute atomic E-state index is 0.343. The number of hydrogen-bond acceptors (Lipinski definition) is 1. The van der Waals surface area contributed by atoms with Crippen LogP contribution in [0.15, 0.2) is 12.3 Å². The summed E-state index contributed by atoms with van der Waals surface area (Å²) in [6.45, 7) is 0.855. The smallest absolute Gasteiger partial charge is 0.168 e. The van der Waals surface area contributed by atoms with Crippen LogP contribution >= 0.6 is 0 Å². The van der Waals surface area contributed by atoms with Crippen molar-refractivity contribution in [1.29, 1.82) is 0 Å². The van der Waals surface area contributed by atoms with Crippen LogP contribution in [0.3, 0.4) is 0 Å². The van der Waals surface area contributed by atoms with Gasteiger partial charge in [0.15, 0.2) is 11.6 Å². The molecule has 1 fully saturated rings. The number of likely N-dealkylation sites (N-methyl/N-ethyl adjacent to an activating group) is 1. The number of aromatic nitrogens is 1. The average Bonchev–Trinajstić information content (AvgIpc) is 3.17. The summed E-state index contributed by atoms with van der Waals surface area (Å²) in [6, 6.07) is 1.73. The van der Waals surface area contributed by atoms with Crippen molar-refractivity contribution in [3.05, 3.63) is 35.0 Å². The first-order valence-corrected chi connectivity index (χ1v) is 7.22. The third-order valence-corrected chi connectivity index (χ3v) is 4.75. The predicted octanol–water partition coefficient (Wildman–Crippen LogP) is 3.28. The van der Waals surface area contributed by atoms with Crippen molar-refractivity contribution < 1.29 is 8.78 Å². The fourth-order valence-electron chi connectivity index (χ4n) is 3.45. The van der Waals surface area contributed by atoms with Crippen molar-refractivity contribution in [3.63, 3.8) is 0 Å². The second-order valence-corrected chi connectivity index (χ2v) is 6.39. The van der Waals surface area contributed by atoms with Gasteiger partial charge in [0.2, 0.25) is 0 Å². The second-order valence-electron chi connectivity index (χ2n) is 6.39. The summed E-state index contributed by atoms with van der Waals surface area (Å²) in [7, 11) is 4.08. The fraction of sp³-hybridized carbons (Fsp3) is 0.500. The summed E-state index contributed by atoms with van der Waals surface area (Å²) in [5.74, 6) is -0.932. The average molecular weight is 276 g/mol. The van der Waals surface area contributed by atoms with E-state index in [1.54, 1.807) is 0 Å². The summed E-state index contributed by atoms with van der Waals surface area (Å²) in [4.78, 5) is 2.16. The first-order valence-electron chi connectivity index (χ1n) is 7.22. The number of rotatable bonds is 2. The van der Waals surface area contributed by atoms with Crippen molar-refractivity contribution in [2.75, 3.05) is 14.1 Å². The van der Waals surface area contributed by atoms with Crippen LogP contribution in [0.4, 0.5) is 8.78 Å². The summed E-state index contributed by atoms with van der Waals surface area (Å²) in [5, 5.41) is 0.541. The Labute approximate surface area is 117 Å². The molecule has 1 aromatic heterocycles. The monoisotopic (exact) mass is 276 g/mol. The van der Waals surface area contributed by atoms with E-state index in [0.29, 0.717) is 17.3 Å². The molecule has 0 bridgehead atoms. The van der Waals surface area contributed by atoms with Crippen LogP contribution in [0.2, 0.25) is 0 Å². The minimum Gasteiger partial charge on any atom is -0.345 e. The van der Waals surface area contributed by atoms with Crippen LogP contribution in [0, 0.1) is 11.6 Å². The molecule has 106 valence electrons. The van der Waals surface area contributed by atoms with E-state index in [0.717, 1.165) is 42.5 Å². The molecule has 1 aliphatic heterocycles. The Balaban J connectivity index is 1.98. The third-order valence-electron chi connectivity index (χ3n) is 4.75. The van der Waals surface area contributed by atoms with E-state index in [1.165, 1.54) is 6.07 Å². The fourth-order valence-corrected chi connectivity index (χ4v) is 3.45. The molecular formula is C16H18F2N2. The topological polar surface area (TPSA) is 8.17 Å². The highest BCUT2D eigenvalue weighted by Crippen LogP contribution is 2.46. The second kappa shape index (κ2) is 4.04. The Bertz CT molecular complexity index is 698. The normalized spacial score (nSPS) is 21.9. The first-order chi connectivity index (χ1) is 9.56. The minimum atomic E-state index is -0.702. The Kier molecular flexibility index (Phi) is 2.49. The molecule has 0 unspecified atom stereocenters. The van der Waals surface area contributed by atoms with Gasteiger partial charge in [0.1, 0.15) is 0 Å². The lowest BCUT2D eigenvalue weighted by atomic mass is 9.97. The van der Waals surface area contributed by atoms with Crippen LogP contribution in [0.1, 0.15) is 29.9 Å². The highest BCUT2D eigenvalue weighted by molar-refractivity contribution is 5.89. The van der Waals surface area contributed by atoms with E-state index in [1.807, 2.05) is 14.1 Å². The molecule has 1 saturated carbocycles. The van der Waals surface area contributed by atoms with E-state index in [9.17, 15) is 8.78 Å². The zero-order chi connectivity index (χ0) is 14.0. The maximum Gasteiger partial charge on any atom is 0.168 e. The van der Waals surface area contributed by atoms with Gasteiger partial charge in [-0.15, -0.1) is 0 Å². The number of benzene rings is 1. The van der Waals surface area contributed by atoms with Gasteiger partial charge in [-0.25, -0.2) is 8.78 Å². The van der Waals surface area contributed by atoms with Crippen LogP contribution in [0.5, 0.6) is 0 Å². The molecule has 0 radical (unpaired) electrons. The highest BCUT2D eigenvalue weighted by Gasteiger charge is 2.33. The zero-order valence-electron chi connectivity index (χ0n) is 11.8. The number of hydrogen-bond donors (Lipinski definition) is 0. The van der Waals surface area contributed by atoms with Crippen molar-refractivity contribution >= 4 is 10.9 Å². The first kappa shape index (κ1) is 12.3. The van der Waals surface area contributed by atoms with E-state index >= 15 is 0 Å². The summed E-state index contributed by atoms with van der Waals surface area (Å²) >= 11 is 0. The lowest BCUT2D eigenvalue weighted by Crippen LogP contribution is -2.36. The van der Waals surface area contributed by atoms with E-state index in [4.69, 9.17) is 0 Å². The van der Waals surface area contributed by atoms with Crippen LogP contribution in [-0.2, 0) is 13.0 Å². The molecule has 2 aromatic rings. The van der Waals surface area contributed by atoms with Crippen molar-refractivity contribution in [1.82, 2.24) is 9.47 Å². The maximum absolute atomic E-state index is 14.3. The molecular weight excluding hydrogens is 258 g/mol. The largest absolute Gasteiger partial charge is 0.345 e. The predicted molar refractivity (Wildman–Crippen MR) is 75.0 cm³/mol. The van der Waals surface area contributed by atoms with Gasteiger partial charge in [-0.3, -0.25) is 0 Å². The van der Waals surface area contributed by atoms with Crippen molar-refractivity contribution in [3.8, 4) is 0 Å². The molecule has 0 amide bonds. The SMILES string of the molecule is CN(C)[C@H]1Cc2cc(F)c(F)c3c(C4CC4)cn(c23)C1. The molecule has 4 heteroatoms. The Morgan fingerprint density at radius 1 is 1.25 bits per heavy atom. The summed E-state index contributed by atoms with van der Waals surface area (Å²) < 4.78 is 30.3. The van der Waals surface area contributed by atoms with Gasteiger partial charge in [-0.05, 0) is 56.5 Å². The van der Waals surface area contributed by atoms with Gasteiger partial charge < -0.3 is 9.47 Å². The van der Waals surface area contributed by atoms with Crippen LogP contribution in [-0.4, -0.2) is 29.6 Å². The van der Waals surface area contributed by atoms with Gasteiger partial charge in [0.25, 0.3) is 0 Å². The third kappa shape index (κ3) is 1.64. The number of halogens is 2. The molecule has 4 rings (SSSR count). The Morgan fingerprint density at radius 3 is 2.65 bits per heavy atom. The highest BCUT2D eigenvalue weighted by atomic mass is 19.2. The van der Waals surface area contributed by atoms with Crippen molar-refractivity contribution in [2.45, 2.75) is 37.8 Å². The van der Waals surface area contributed by atoms with Gasteiger partial charge in [-0.1, -0.05) is 0 Å². The molecule has 20 heavy (non-hydrogen) atoms. The molecule has 1 aliphatic carbocycles. The molecule has 0 N–H and O–H groups in total. The lowest BCUT2D eigenvalue weighted by Gasteiger charge is -2.30. The standard InChI is InChI=1S/C16H18F2N2/c1-19(2)11-5-10-6-13(17)15(18)14-12(9-3-4-9)8-20(7-11)16(10)14/h6,8-9,11H,3-5,7H2,1-2H3/t11-/m0/s1. The van der Waals surface area contributed by atoms with E-state index in [2.05, 4.69) is 15.7 Å². The van der Waals surface area contributed by atoms with E-state index in [-0.39, 0.29) is 0 Å². The molecule has 1 atom stereocenters. The summed E-state index contributed by atoms with van der Waals surface area (Å²) in [5.41, 5.74) is 2.87. The molecule has 2 heterocycles. The van der Waals surface area contributed by atoms with Crippen LogP contribution < -0.4 is 0 Å². The Hall–Kier alpha value is -1.42. The molecule has 1 aromatic carbocycles. The van der Waals surface area contributed by atoms with Gasteiger partial charge >= 0.3 is 0 Å². The Morgan fingerprint density at radius 2 is 2.00 bits per heavy atom. The molecule has 0 spiro atoms. The zero-order valence-corrected chi connectivity index (χ0v) is 11.8.